The Kier molecular flexibility index (Phi) is 4.16. The first kappa shape index (κ1) is 17.5. The number of aliphatic imine (C=N–C) groups is 2. The minimum absolute atomic E-state index is 0.855. The average molecular weight is 412 g/mol. The third-order valence-corrected chi connectivity index (χ3v) is 6.57. The molecule has 0 atom stereocenters. The molecule has 6 heteroatoms. The molecule has 0 unspecified atom stereocenters. The Hall–Kier alpha value is -3.38. The number of H-pyrrole nitrogens is 1. The lowest BCUT2D eigenvalue weighted by Crippen LogP contribution is -2.19. The van der Waals surface area contributed by atoms with Crippen LogP contribution in [0.25, 0.3) is 33.1 Å². The van der Waals surface area contributed by atoms with Gasteiger partial charge in [0.2, 0.25) is 0 Å². The van der Waals surface area contributed by atoms with Gasteiger partial charge in [-0.1, -0.05) is 24.3 Å². The molecule has 4 aromatic rings. The van der Waals surface area contributed by atoms with Crippen molar-refractivity contribution in [2.45, 2.75) is 0 Å². The van der Waals surface area contributed by atoms with E-state index in [1.165, 1.54) is 25.9 Å². The van der Waals surface area contributed by atoms with E-state index < -0.39 is 0 Å². The summed E-state index contributed by atoms with van der Waals surface area (Å²) in [7, 11) is 0. The Labute approximate surface area is 178 Å². The Morgan fingerprint density at radius 1 is 0.767 bits per heavy atom. The number of amidine groups is 2. The number of thiophene rings is 1. The van der Waals surface area contributed by atoms with Gasteiger partial charge in [0.1, 0.15) is 11.7 Å². The maximum absolute atomic E-state index is 4.53. The lowest BCUT2D eigenvalue weighted by atomic mass is 10.1. The van der Waals surface area contributed by atoms with Crippen molar-refractivity contribution in [3.8, 4) is 0 Å². The molecule has 0 bridgehead atoms. The molecule has 2 aliphatic rings. The monoisotopic (exact) mass is 411 g/mol. The van der Waals surface area contributed by atoms with E-state index in [-0.39, 0.29) is 0 Å². The van der Waals surface area contributed by atoms with E-state index in [1.54, 1.807) is 0 Å². The second kappa shape index (κ2) is 7.15. The quantitative estimate of drug-likeness (QED) is 0.470. The maximum atomic E-state index is 4.53. The van der Waals surface area contributed by atoms with Crippen molar-refractivity contribution in [2.75, 3.05) is 26.2 Å². The van der Waals surface area contributed by atoms with Crippen LogP contribution in [-0.2, 0) is 0 Å². The van der Waals surface area contributed by atoms with E-state index in [0.29, 0.717) is 0 Å². The molecule has 0 saturated heterocycles. The first-order chi connectivity index (χ1) is 14.8. The molecule has 0 saturated carbocycles. The zero-order chi connectivity index (χ0) is 19.9. The van der Waals surface area contributed by atoms with E-state index in [2.05, 4.69) is 86.3 Å². The molecular weight excluding hydrogens is 390 g/mol. The topological polar surface area (TPSA) is 64.6 Å². The van der Waals surface area contributed by atoms with Crippen LogP contribution in [0.15, 0.2) is 58.5 Å². The van der Waals surface area contributed by atoms with Crippen LogP contribution in [0.1, 0.15) is 21.7 Å². The molecule has 3 N–H and O–H groups in total. The largest absolute Gasteiger partial charge is 0.368 e. The van der Waals surface area contributed by atoms with Gasteiger partial charge in [-0.25, -0.2) is 0 Å². The van der Waals surface area contributed by atoms with Gasteiger partial charge in [0.15, 0.2) is 0 Å². The van der Waals surface area contributed by atoms with E-state index in [0.717, 1.165) is 54.6 Å². The highest BCUT2D eigenvalue weighted by Crippen LogP contribution is 2.29. The lowest BCUT2D eigenvalue weighted by Gasteiger charge is -2.01. The molecule has 6 rings (SSSR count). The number of aromatic amines is 1. The molecule has 0 fully saturated rings. The first-order valence-corrected chi connectivity index (χ1v) is 11.1. The van der Waals surface area contributed by atoms with Crippen LogP contribution in [-0.4, -0.2) is 42.8 Å². The van der Waals surface area contributed by atoms with Crippen LogP contribution in [0.3, 0.4) is 0 Å². The van der Waals surface area contributed by atoms with Crippen molar-refractivity contribution in [2.24, 2.45) is 9.98 Å². The third-order valence-electron chi connectivity index (χ3n) is 5.50. The predicted molar refractivity (Wildman–Crippen MR) is 128 cm³/mol. The van der Waals surface area contributed by atoms with E-state index in [9.17, 15) is 0 Å². The summed E-state index contributed by atoms with van der Waals surface area (Å²) in [5.41, 5.74) is 4.55. The van der Waals surface area contributed by atoms with Gasteiger partial charge in [0, 0.05) is 50.4 Å². The number of nitrogens with one attached hydrogen (secondary N) is 3. The predicted octanol–water partition coefficient (Wildman–Crippen LogP) is 4.25. The van der Waals surface area contributed by atoms with Gasteiger partial charge in [0.05, 0.1) is 13.1 Å². The fraction of sp³-hybridized carbons (Fsp3) is 0.167. The van der Waals surface area contributed by atoms with Crippen molar-refractivity contribution in [3.63, 3.8) is 0 Å². The van der Waals surface area contributed by atoms with Crippen LogP contribution in [0, 0.1) is 0 Å². The second-order valence-electron chi connectivity index (χ2n) is 7.58. The summed E-state index contributed by atoms with van der Waals surface area (Å²) < 4.78 is 1.29. The lowest BCUT2D eigenvalue weighted by molar-refractivity contribution is 0.960. The maximum Gasteiger partial charge on any atom is 0.128 e. The Balaban J connectivity index is 1.27. The smallest absolute Gasteiger partial charge is 0.128 e. The Bertz CT molecular complexity index is 1250. The van der Waals surface area contributed by atoms with E-state index >= 15 is 0 Å². The molecule has 2 aliphatic heterocycles. The molecule has 148 valence electrons. The molecule has 30 heavy (non-hydrogen) atoms. The summed E-state index contributed by atoms with van der Waals surface area (Å²) in [4.78, 5) is 13.8. The first-order valence-electron chi connectivity index (χ1n) is 10.2. The van der Waals surface area contributed by atoms with Crippen LogP contribution in [0.5, 0.6) is 0 Å². The Morgan fingerprint density at radius 2 is 1.50 bits per heavy atom. The van der Waals surface area contributed by atoms with Gasteiger partial charge in [0.25, 0.3) is 0 Å². The van der Waals surface area contributed by atoms with Gasteiger partial charge in [-0.3, -0.25) is 9.98 Å². The summed E-state index contributed by atoms with van der Waals surface area (Å²) in [5, 5.41) is 9.17. The molecule has 0 amide bonds. The van der Waals surface area contributed by atoms with Gasteiger partial charge in [-0.2, -0.15) is 0 Å². The number of nitrogens with zero attached hydrogens (tertiary/aromatic N) is 2. The molecule has 0 aliphatic carbocycles. The molecule has 5 nitrogen and oxygen atoms in total. The summed E-state index contributed by atoms with van der Waals surface area (Å²) in [6.45, 7) is 3.57. The van der Waals surface area contributed by atoms with Crippen LogP contribution in [0.4, 0.5) is 0 Å². The molecule has 2 aromatic carbocycles. The van der Waals surface area contributed by atoms with Gasteiger partial charge >= 0.3 is 0 Å². The number of rotatable bonds is 4. The van der Waals surface area contributed by atoms with Crippen LogP contribution >= 0.6 is 11.3 Å². The number of hydrogen-bond acceptors (Lipinski definition) is 5. The zero-order valence-electron chi connectivity index (χ0n) is 16.4. The highest BCUT2D eigenvalue weighted by molar-refractivity contribution is 7.19. The number of benzene rings is 2. The normalized spacial score (nSPS) is 16.3. The van der Waals surface area contributed by atoms with E-state index in [4.69, 9.17) is 0 Å². The zero-order valence-corrected chi connectivity index (χ0v) is 17.2. The van der Waals surface area contributed by atoms with Crippen molar-refractivity contribution >= 4 is 56.1 Å². The van der Waals surface area contributed by atoms with Crippen LogP contribution < -0.4 is 10.6 Å². The minimum atomic E-state index is 0.855. The highest BCUT2D eigenvalue weighted by atomic mass is 32.1. The average Bonchev–Trinajstić information content (AvgIpc) is 3.56. The summed E-state index contributed by atoms with van der Waals surface area (Å²) in [6, 6.07) is 17.5. The number of fused-ring (bicyclic) bond motifs is 2. The summed E-state index contributed by atoms with van der Waals surface area (Å²) in [5.74, 6) is 2.01. The fourth-order valence-electron chi connectivity index (χ4n) is 4.02. The number of aromatic nitrogens is 1. The van der Waals surface area contributed by atoms with Crippen molar-refractivity contribution in [1.82, 2.24) is 15.6 Å². The second-order valence-corrected chi connectivity index (χ2v) is 8.69. The van der Waals surface area contributed by atoms with E-state index in [1.807, 2.05) is 11.3 Å². The van der Waals surface area contributed by atoms with Gasteiger partial charge < -0.3 is 15.6 Å². The molecule has 2 aromatic heterocycles. The van der Waals surface area contributed by atoms with Gasteiger partial charge in [-0.15, -0.1) is 11.3 Å². The molecule has 4 heterocycles. The Morgan fingerprint density at radius 3 is 2.23 bits per heavy atom. The molecule has 0 spiro atoms. The standard InChI is InChI=1S/C24H21N5S/c1-3-17(23-25-7-8-26-23)13-21-15(1)11-19(29-21)5-6-20-12-16-2-4-18(14-22(16)30-20)24-27-9-10-28-24/h1-6,11-14,29H,7-10H2,(H,25,26)(H,27,28)/b6-5+. The number of hydrogen-bond donors (Lipinski definition) is 3. The van der Waals surface area contributed by atoms with Crippen molar-refractivity contribution in [3.05, 3.63) is 70.2 Å². The highest BCUT2D eigenvalue weighted by Gasteiger charge is 2.11. The minimum Gasteiger partial charge on any atom is -0.368 e. The molecule has 0 radical (unpaired) electrons. The van der Waals surface area contributed by atoms with Crippen molar-refractivity contribution < 1.29 is 0 Å². The SMILES string of the molecule is C(=C\c1cc2ccc(C3=NCCN3)cc2s1)/c1cc2ccc(C3=NCCN3)cc2[nH]1. The van der Waals surface area contributed by atoms with Gasteiger partial charge in [-0.05, 0) is 41.8 Å². The fourth-order valence-corrected chi connectivity index (χ4v) is 5.03. The summed E-state index contributed by atoms with van der Waals surface area (Å²) >= 11 is 1.81. The third kappa shape index (κ3) is 3.19. The van der Waals surface area contributed by atoms with Crippen molar-refractivity contribution in [1.29, 1.82) is 0 Å². The van der Waals surface area contributed by atoms with Crippen LogP contribution in [0.2, 0.25) is 0 Å². The molecular formula is C24H21N5S. The summed E-state index contributed by atoms with van der Waals surface area (Å²) in [6.07, 6.45) is 4.34.